The molecule has 0 unspecified atom stereocenters. The lowest BCUT2D eigenvalue weighted by molar-refractivity contribution is -0.139. The molecule has 0 aliphatic heterocycles. The van der Waals surface area contributed by atoms with Gasteiger partial charge in [-0.25, -0.2) is 9.59 Å². The average molecular weight is 651 g/mol. The molecule has 1 N–H and O–H groups in total. The summed E-state index contributed by atoms with van der Waals surface area (Å²) in [7, 11) is -2.35. The first kappa shape index (κ1) is 43.9. The molecule has 0 fully saturated rings. The van der Waals surface area contributed by atoms with Crippen LogP contribution in [0, 0.1) is 0 Å². The second-order valence-corrected chi connectivity index (χ2v) is 18.6. The first-order valence-electron chi connectivity index (χ1n) is 20.1. The molecule has 0 aromatic heterocycles. The third-order valence-electron chi connectivity index (χ3n) is 9.82. The fourth-order valence-electron chi connectivity index (χ4n) is 6.89. The van der Waals surface area contributed by atoms with Gasteiger partial charge >= 0.3 is 11.9 Å². The number of hydrogen-bond acceptors (Lipinski definition) is 3. The normalized spacial score (nSPS) is 12.1. The molecular formula is C40H78O4Si. The number of rotatable bonds is 35. The van der Waals surface area contributed by atoms with Gasteiger partial charge in [0.05, 0.1) is 14.7 Å². The van der Waals surface area contributed by atoms with Gasteiger partial charge in [0.1, 0.15) is 0 Å². The lowest BCUT2D eigenvalue weighted by Gasteiger charge is -2.34. The van der Waals surface area contributed by atoms with Crippen molar-refractivity contribution in [3.8, 4) is 0 Å². The van der Waals surface area contributed by atoms with E-state index in [0.717, 1.165) is 50.2 Å². The Bertz CT molecular complexity index is 664. The standard InChI is InChI=1S/C40H78O4Si/c1-5-9-13-17-21-22-23-24-25-29-33-44-40(43)38(37-39(41)42)45(34-30-26-18-14-10-6-2,35-31-27-19-15-11-7-3)36-32-28-20-16-12-8-4/h37H,5-36H2,1-4H3,(H,41,42)/b38-37+. The molecule has 0 bridgehead atoms. The zero-order valence-corrected chi connectivity index (χ0v) is 31.9. The van der Waals surface area contributed by atoms with Gasteiger partial charge in [-0.05, 0) is 6.42 Å². The number of carbonyl (C=O) groups excluding carboxylic acids is 1. The second-order valence-electron chi connectivity index (χ2n) is 14.0. The average Bonchev–Trinajstić information content (AvgIpc) is 3.03. The van der Waals surface area contributed by atoms with Gasteiger partial charge in [0.15, 0.2) is 0 Å². The molecule has 0 aliphatic rings. The Morgan fingerprint density at radius 3 is 1.07 bits per heavy atom. The van der Waals surface area contributed by atoms with Crippen LogP contribution in [0.2, 0.25) is 18.1 Å². The maximum atomic E-state index is 13.8. The van der Waals surface area contributed by atoms with E-state index in [1.54, 1.807) is 0 Å². The van der Waals surface area contributed by atoms with E-state index in [1.165, 1.54) is 154 Å². The number of hydrogen-bond donors (Lipinski definition) is 1. The molecule has 0 saturated heterocycles. The number of carboxylic acids is 1. The topological polar surface area (TPSA) is 63.6 Å². The molecule has 0 rings (SSSR count). The van der Waals surface area contributed by atoms with Gasteiger partial charge in [-0.3, -0.25) is 0 Å². The minimum absolute atomic E-state index is 0.303. The monoisotopic (exact) mass is 651 g/mol. The van der Waals surface area contributed by atoms with Gasteiger partial charge in [-0.2, -0.15) is 0 Å². The van der Waals surface area contributed by atoms with E-state index in [4.69, 9.17) is 4.74 Å². The highest BCUT2D eigenvalue weighted by Gasteiger charge is 2.40. The Kier molecular flexibility index (Phi) is 32.0. The van der Waals surface area contributed by atoms with Crippen LogP contribution in [-0.4, -0.2) is 31.7 Å². The van der Waals surface area contributed by atoms with E-state index in [0.29, 0.717) is 11.8 Å². The Labute approximate surface area is 282 Å². The number of unbranched alkanes of at least 4 members (excludes halogenated alkanes) is 24. The molecule has 4 nitrogen and oxygen atoms in total. The molecule has 266 valence electrons. The third-order valence-corrected chi connectivity index (χ3v) is 15.2. The third kappa shape index (κ3) is 25.6. The van der Waals surface area contributed by atoms with E-state index < -0.39 is 14.0 Å². The predicted molar refractivity (Wildman–Crippen MR) is 199 cm³/mol. The van der Waals surface area contributed by atoms with Crippen molar-refractivity contribution in [3.05, 3.63) is 11.3 Å². The first-order valence-corrected chi connectivity index (χ1v) is 22.7. The van der Waals surface area contributed by atoms with Gasteiger partial charge in [0, 0.05) is 11.3 Å². The minimum atomic E-state index is -2.35. The maximum absolute atomic E-state index is 13.8. The van der Waals surface area contributed by atoms with Crippen molar-refractivity contribution in [1.82, 2.24) is 0 Å². The van der Waals surface area contributed by atoms with Gasteiger partial charge in [0.25, 0.3) is 0 Å². The van der Waals surface area contributed by atoms with Crippen molar-refractivity contribution in [2.75, 3.05) is 6.61 Å². The van der Waals surface area contributed by atoms with Crippen LogP contribution < -0.4 is 0 Å². The molecule has 45 heavy (non-hydrogen) atoms. The summed E-state index contributed by atoms with van der Waals surface area (Å²) in [6, 6.07) is 3.11. The maximum Gasteiger partial charge on any atom is 0.330 e. The van der Waals surface area contributed by atoms with Gasteiger partial charge in [-0.15, -0.1) is 0 Å². The fraction of sp³-hybridized carbons (Fsp3) is 0.900. The van der Waals surface area contributed by atoms with Crippen molar-refractivity contribution in [2.24, 2.45) is 0 Å². The summed E-state index contributed by atoms with van der Waals surface area (Å²) in [6.07, 6.45) is 35.8. The summed E-state index contributed by atoms with van der Waals surface area (Å²) < 4.78 is 5.93. The van der Waals surface area contributed by atoms with Crippen molar-refractivity contribution in [3.63, 3.8) is 0 Å². The molecule has 0 aliphatic carbocycles. The van der Waals surface area contributed by atoms with Crippen molar-refractivity contribution in [1.29, 1.82) is 0 Å². The van der Waals surface area contributed by atoms with E-state index in [2.05, 4.69) is 27.7 Å². The fourth-order valence-corrected chi connectivity index (χ4v) is 12.2. The van der Waals surface area contributed by atoms with E-state index in [9.17, 15) is 14.7 Å². The zero-order valence-electron chi connectivity index (χ0n) is 30.9. The summed E-state index contributed by atoms with van der Waals surface area (Å²) in [5.41, 5.74) is 0. The zero-order chi connectivity index (χ0) is 33.3. The molecule has 0 aromatic carbocycles. The van der Waals surface area contributed by atoms with Crippen LogP contribution in [0.1, 0.15) is 207 Å². The van der Waals surface area contributed by atoms with Gasteiger partial charge in [0.2, 0.25) is 0 Å². The lowest BCUT2D eigenvalue weighted by Crippen LogP contribution is -2.41. The summed E-state index contributed by atoms with van der Waals surface area (Å²) in [5.74, 6) is -1.28. The van der Waals surface area contributed by atoms with Gasteiger partial charge < -0.3 is 9.84 Å². The summed E-state index contributed by atoms with van der Waals surface area (Å²) in [4.78, 5) is 26.0. The van der Waals surface area contributed by atoms with Crippen molar-refractivity contribution < 1.29 is 19.4 Å². The van der Waals surface area contributed by atoms with Crippen LogP contribution in [0.5, 0.6) is 0 Å². The second kappa shape index (κ2) is 32.8. The van der Waals surface area contributed by atoms with Crippen molar-refractivity contribution in [2.45, 2.75) is 226 Å². The molecule has 5 heteroatoms. The molecule has 0 atom stereocenters. The Hall–Kier alpha value is -1.10. The highest BCUT2D eigenvalue weighted by Crippen LogP contribution is 2.37. The highest BCUT2D eigenvalue weighted by molar-refractivity contribution is 6.90. The van der Waals surface area contributed by atoms with Crippen LogP contribution >= 0.6 is 0 Å². The summed E-state index contributed by atoms with van der Waals surface area (Å²) in [6.45, 7) is 9.44. The summed E-state index contributed by atoms with van der Waals surface area (Å²) >= 11 is 0. The van der Waals surface area contributed by atoms with Crippen molar-refractivity contribution >= 4 is 20.0 Å². The highest BCUT2D eigenvalue weighted by atomic mass is 28.3. The van der Waals surface area contributed by atoms with Crippen LogP contribution in [-0.2, 0) is 14.3 Å². The lowest BCUT2D eigenvalue weighted by atomic mass is 10.1. The number of esters is 1. The van der Waals surface area contributed by atoms with E-state index >= 15 is 0 Å². The Balaban J connectivity index is 5.51. The van der Waals surface area contributed by atoms with Crippen LogP contribution in [0.25, 0.3) is 0 Å². The number of carbonyl (C=O) groups is 2. The predicted octanol–water partition coefficient (Wildman–Crippen LogP) is 13.5. The molecule has 0 saturated carbocycles. The molecule has 0 spiro atoms. The number of carboxylic acid groups (broad SMARTS) is 1. The molecular weight excluding hydrogens is 573 g/mol. The largest absolute Gasteiger partial charge is 0.478 e. The Morgan fingerprint density at radius 1 is 0.467 bits per heavy atom. The van der Waals surface area contributed by atoms with Crippen LogP contribution in [0.4, 0.5) is 0 Å². The first-order chi connectivity index (χ1) is 22.0. The van der Waals surface area contributed by atoms with E-state index in [-0.39, 0.29) is 5.97 Å². The number of ether oxygens (including phenoxy) is 1. The van der Waals surface area contributed by atoms with Crippen LogP contribution in [0.15, 0.2) is 11.3 Å². The molecule has 0 heterocycles. The molecule has 0 radical (unpaired) electrons. The van der Waals surface area contributed by atoms with Crippen LogP contribution in [0.3, 0.4) is 0 Å². The van der Waals surface area contributed by atoms with Gasteiger partial charge in [-0.1, -0.05) is 219 Å². The smallest absolute Gasteiger partial charge is 0.330 e. The number of aliphatic carboxylic acids is 1. The summed E-state index contributed by atoms with van der Waals surface area (Å²) in [5, 5.41) is 10.6. The molecule has 0 amide bonds. The quantitative estimate of drug-likeness (QED) is 0.0321. The Morgan fingerprint density at radius 2 is 0.756 bits per heavy atom. The van der Waals surface area contributed by atoms with E-state index in [1.807, 2.05) is 0 Å². The SMILES string of the molecule is CCCCCCCCCCCCOC(=O)/C(=C\C(=O)O)[Si](CCCCCCCC)(CCCCCCCC)CCCCCCCC. The minimum Gasteiger partial charge on any atom is -0.478 e. The molecule has 0 aromatic rings.